The molecule has 0 aromatic heterocycles. The SMILES string of the molecule is COCCNC(=O)C(c1ccccc1)N(Cc1ccc(F)cc1)C(=O)CN(Cc1ccccc1)S(C)(=O)=O. The second-order valence-corrected chi connectivity index (χ2v) is 10.7. The molecule has 0 aliphatic rings. The van der Waals surface area contributed by atoms with Crippen molar-refractivity contribution in [2.75, 3.05) is 33.1 Å². The highest BCUT2D eigenvalue weighted by Crippen LogP contribution is 2.25. The van der Waals surface area contributed by atoms with Gasteiger partial charge in [-0.05, 0) is 28.8 Å². The summed E-state index contributed by atoms with van der Waals surface area (Å²) in [6, 6.07) is 22.2. The lowest BCUT2D eigenvalue weighted by molar-refractivity contribution is -0.141. The Kier molecular flexibility index (Phi) is 10.5. The van der Waals surface area contributed by atoms with Gasteiger partial charge in [-0.15, -0.1) is 0 Å². The highest BCUT2D eigenvalue weighted by atomic mass is 32.2. The Bertz CT molecular complexity index is 1290. The van der Waals surface area contributed by atoms with Gasteiger partial charge in [-0.1, -0.05) is 72.8 Å². The Labute approximate surface area is 223 Å². The van der Waals surface area contributed by atoms with Crippen molar-refractivity contribution >= 4 is 21.8 Å². The lowest BCUT2D eigenvalue weighted by Crippen LogP contribution is -2.48. The number of methoxy groups -OCH3 is 1. The highest BCUT2D eigenvalue weighted by molar-refractivity contribution is 7.88. The van der Waals surface area contributed by atoms with E-state index in [1.807, 2.05) is 6.07 Å². The van der Waals surface area contributed by atoms with E-state index in [2.05, 4.69) is 5.32 Å². The Morgan fingerprint density at radius 3 is 2.05 bits per heavy atom. The minimum Gasteiger partial charge on any atom is -0.383 e. The first kappa shape index (κ1) is 29.0. The average molecular weight is 542 g/mol. The van der Waals surface area contributed by atoms with Crippen LogP contribution < -0.4 is 5.32 Å². The first-order valence-corrected chi connectivity index (χ1v) is 13.9. The van der Waals surface area contributed by atoms with Crippen LogP contribution in [0.15, 0.2) is 84.9 Å². The van der Waals surface area contributed by atoms with Crippen LogP contribution in [-0.4, -0.2) is 62.5 Å². The smallest absolute Gasteiger partial charge is 0.247 e. The molecule has 0 radical (unpaired) electrons. The number of hydrogen-bond donors (Lipinski definition) is 1. The van der Waals surface area contributed by atoms with Crippen molar-refractivity contribution in [3.05, 3.63) is 107 Å². The summed E-state index contributed by atoms with van der Waals surface area (Å²) < 4.78 is 45.0. The van der Waals surface area contributed by atoms with Crippen molar-refractivity contribution in [3.8, 4) is 0 Å². The number of rotatable bonds is 13. The summed E-state index contributed by atoms with van der Waals surface area (Å²) in [5.41, 5.74) is 1.85. The predicted octanol–water partition coefficient (Wildman–Crippen LogP) is 3.12. The largest absolute Gasteiger partial charge is 0.383 e. The number of nitrogens with zero attached hydrogens (tertiary/aromatic N) is 2. The highest BCUT2D eigenvalue weighted by Gasteiger charge is 2.33. The third kappa shape index (κ3) is 8.47. The van der Waals surface area contributed by atoms with E-state index < -0.39 is 40.2 Å². The first-order chi connectivity index (χ1) is 18.2. The Hall–Kier alpha value is -3.60. The molecule has 1 N–H and O–H groups in total. The molecule has 0 saturated carbocycles. The van der Waals surface area contributed by atoms with E-state index >= 15 is 0 Å². The van der Waals surface area contributed by atoms with Crippen molar-refractivity contribution < 1.29 is 27.1 Å². The zero-order valence-electron chi connectivity index (χ0n) is 21.4. The quantitative estimate of drug-likeness (QED) is 0.336. The average Bonchev–Trinajstić information content (AvgIpc) is 2.90. The molecular formula is C28H32FN3O5S. The van der Waals surface area contributed by atoms with Crippen LogP contribution in [0.1, 0.15) is 22.7 Å². The van der Waals surface area contributed by atoms with Crippen LogP contribution in [-0.2, 0) is 37.4 Å². The van der Waals surface area contributed by atoms with Crippen LogP contribution in [0.3, 0.4) is 0 Å². The standard InChI is InChI=1S/C28H32FN3O5S/c1-37-18-17-30-28(34)27(24-11-7-4-8-12-24)32(20-23-13-15-25(29)16-14-23)26(33)21-31(38(2,35)36)19-22-9-5-3-6-10-22/h3-16,27H,17-21H2,1-2H3,(H,30,34). The van der Waals surface area contributed by atoms with Crippen LogP contribution in [0.2, 0.25) is 0 Å². The molecule has 10 heteroatoms. The van der Waals surface area contributed by atoms with E-state index in [1.165, 1.54) is 36.3 Å². The lowest BCUT2D eigenvalue weighted by Gasteiger charge is -2.33. The number of amides is 2. The number of carbonyl (C=O) groups is 2. The van der Waals surface area contributed by atoms with Gasteiger partial charge in [0.05, 0.1) is 19.4 Å². The van der Waals surface area contributed by atoms with Crippen LogP contribution in [0.25, 0.3) is 0 Å². The molecule has 202 valence electrons. The second kappa shape index (κ2) is 13.8. The van der Waals surface area contributed by atoms with Crippen molar-refractivity contribution in [2.24, 2.45) is 0 Å². The molecule has 1 atom stereocenters. The zero-order chi connectivity index (χ0) is 27.5. The fourth-order valence-corrected chi connectivity index (χ4v) is 4.64. The van der Waals surface area contributed by atoms with E-state index in [-0.39, 0.29) is 26.2 Å². The van der Waals surface area contributed by atoms with Gasteiger partial charge in [0, 0.05) is 26.7 Å². The lowest BCUT2D eigenvalue weighted by atomic mass is 10.0. The van der Waals surface area contributed by atoms with Gasteiger partial charge in [0.1, 0.15) is 11.9 Å². The number of sulfonamides is 1. The maximum absolute atomic E-state index is 13.9. The van der Waals surface area contributed by atoms with Gasteiger partial charge >= 0.3 is 0 Å². The molecule has 3 aromatic carbocycles. The first-order valence-electron chi connectivity index (χ1n) is 12.0. The second-order valence-electron chi connectivity index (χ2n) is 8.76. The number of ether oxygens (including phenoxy) is 1. The molecule has 0 bridgehead atoms. The van der Waals surface area contributed by atoms with Crippen molar-refractivity contribution in [1.29, 1.82) is 0 Å². The predicted molar refractivity (Wildman–Crippen MR) is 143 cm³/mol. The van der Waals surface area contributed by atoms with Gasteiger partial charge in [0.2, 0.25) is 21.8 Å². The van der Waals surface area contributed by atoms with Crippen molar-refractivity contribution in [2.45, 2.75) is 19.1 Å². The molecular weight excluding hydrogens is 509 g/mol. The van der Waals surface area contributed by atoms with E-state index in [0.717, 1.165) is 10.6 Å². The van der Waals surface area contributed by atoms with E-state index in [4.69, 9.17) is 4.74 Å². The maximum Gasteiger partial charge on any atom is 0.247 e. The fourth-order valence-electron chi connectivity index (χ4n) is 3.91. The number of halogens is 1. The topological polar surface area (TPSA) is 96.0 Å². The van der Waals surface area contributed by atoms with Crippen molar-refractivity contribution in [3.63, 3.8) is 0 Å². The van der Waals surface area contributed by atoms with E-state index in [1.54, 1.807) is 54.6 Å². The fraction of sp³-hybridized carbons (Fsp3) is 0.286. The normalized spacial score (nSPS) is 12.2. The molecule has 0 heterocycles. The van der Waals surface area contributed by atoms with Crippen LogP contribution in [0.4, 0.5) is 4.39 Å². The monoisotopic (exact) mass is 541 g/mol. The van der Waals surface area contributed by atoms with E-state index in [0.29, 0.717) is 16.7 Å². The minimum atomic E-state index is -3.78. The molecule has 0 aliphatic heterocycles. The van der Waals surface area contributed by atoms with Crippen LogP contribution >= 0.6 is 0 Å². The number of benzene rings is 3. The third-order valence-electron chi connectivity index (χ3n) is 5.85. The minimum absolute atomic E-state index is 0.00809. The Balaban J connectivity index is 1.99. The summed E-state index contributed by atoms with van der Waals surface area (Å²) in [6.07, 6.45) is 1.04. The van der Waals surface area contributed by atoms with E-state index in [9.17, 15) is 22.4 Å². The van der Waals surface area contributed by atoms with Gasteiger partial charge in [-0.2, -0.15) is 4.31 Å². The van der Waals surface area contributed by atoms with Gasteiger partial charge in [-0.3, -0.25) is 9.59 Å². The van der Waals surface area contributed by atoms with Gasteiger partial charge in [-0.25, -0.2) is 12.8 Å². The number of carbonyl (C=O) groups excluding carboxylic acids is 2. The van der Waals surface area contributed by atoms with Crippen LogP contribution in [0, 0.1) is 5.82 Å². The summed E-state index contributed by atoms with van der Waals surface area (Å²) in [4.78, 5) is 28.6. The molecule has 0 spiro atoms. The Morgan fingerprint density at radius 2 is 1.47 bits per heavy atom. The molecule has 8 nitrogen and oxygen atoms in total. The molecule has 0 fully saturated rings. The molecule has 3 rings (SSSR count). The van der Waals surface area contributed by atoms with Crippen molar-refractivity contribution in [1.82, 2.24) is 14.5 Å². The number of hydrogen-bond acceptors (Lipinski definition) is 5. The Morgan fingerprint density at radius 1 is 0.895 bits per heavy atom. The molecule has 2 amide bonds. The molecule has 38 heavy (non-hydrogen) atoms. The van der Waals surface area contributed by atoms with Gasteiger partial charge < -0.3 is 15.0 Å². The van der Waals surface area contributed by atoms with Gasteiger partial charge in [0.25, 0.3) is 0 Å². The summed E-state index contributed by atoms with van der Waals surface area (Å²) in [7, 11) is -2.27. The van der Waals surface area contributed by atoms with Gasteiger partial charge in [0.15, 0.2) is 0 Å². The molecule has 1 unspecified atom stereocenters. The summed E-state index contributed by atoms with van der Waals surface area (Å²) in [5, 5.41) is 2.79. The summed E-state index contributed by atoms with van der Waals surface area (Å²) >= 11 is 0. The maximum atomic E-state index is 13.9. The summed E-state index contributed by atoms with van der Waals surface area (Å²) in [6.45, 7) is -0.0342. The summed E-state index contributed by atoms with van der Waals surface area (Å²) in [5.74, 6) is -1.46. The number of nitrogens with one attached hydrogen (secondary N) is 1. The molecule has 3 aromatic rings. The molecule has 0 aliphatic carbocycles. The van der Waals surface area contributed by atoms with Crippen LogP contribution in [0.5, 0.6) is 0 Å². The molecule has 0 saturated heterocycles. The third-order valence-corrected chi connectivity index (χ3v) is 7.05. The zero-order valence-corrected chi connectivity index (χ0v) is 22.2.